The average Bonchev–Trinajstić information content (AvgIpc) is 2.40. The summed E-state index contributed by atoms with van der Waals surface area (Å²) in [5.74, 6) is -2.50. The van der Waals surface area contributed by atoms with Crippen molar-refractivity contribution in [2.24, 2.45) is 0 Å². The molecule has 2 rings (SSSR count). The normalized spacial score (nSPS) is 11.6. The Morgan fingerprint density at radius 1 is 1.10 bits per heavy atom. The van der Waals surface area contributed by atoms with Gasteiger partial charge in [0.15, 0.2) is 0 Å². The highest BCUT2D eigenvalue weighted by atomic mass is 32.2. The third-order valence-electron chi connectivity index (χ3n) is 2.63. The Morgan fingerprint density at radius 3 is 2.33 bits per heavy atom. The van der Waals surface area contributed by atoms with Crippen molar-refractivity contribution in [3.8, 4) is 0 Å². The van der Waals surface area contributed by atoms with E-state index in [1.54, 1.807) is 25.1 Å². The summed E-state index contributed by atoms with van der Waals surface area (Å²) in [4.78, 5) is 0.539. The first-order valence-corrected chi connectivity index (χ1v) is 8.37. The Hall–Kier alpha value is -1.60. The standard InChI is InChI=1S/C14H13F2NO2S2/c1-10-3-2-4-13(9-10)21(18,19)17-11-5-7-12(8-6-11)20-14(15)16/h2-9,14,17H,1H3. The van der Waals surface area contributed by atoms with E-state index in [0.29, 0.717) is 22.3 Å². The SMILES string of the molecule is Cc1cccc(S(=O)(=O)Nc2ccc(SC(F)F)cc2)c1. The Bertz CT molecular complexity index is 716. The maximum absolute atomic E-state index is 12.2. The highest BCUT2D eigenvalue weighted by Crippen LogP contribution is 2.26. The number of aryl methyl sites for hydroxylation is 1. The van der Waals surface area contributed by atoms with Crippen LogP contribution in [0.2, 0.25) is 0 Å². The summed E-state index contributed by atoms with van der Waals surface area (Å²) in [6.45, 7) is 1.80. The van der Waals surface area contributed by atoms with Crippen molar-refractivity contribution < 1.29 is 17.2 Å². The van der Waals surface area contributed by atoms with Gasteiger partial charge in [-0.1, -0.05) is 23.9 Å². The minimum absolute atomic E-state index is 0.161. The fourth-order valence-electron chi connectivity index (χ4n) is 1.70. The quantitative estimate of drug-likeness (QED) is 0.840. The number of benzene rings is 2. The maximum atomic E-state index is 12.2. The van der Waals surface area contributed by atoms with E-state index in [2.05, 4.69) is 4.72 Å². The third-order valence-corrected chi connectivity index (χ3v) is 4.73. The van der Waals surface area contributed by atoms with Crippen LogP contribution >= 0.6 is 11.8 Å². The molecule has 0 saturated heterocycles. The summed E-state index contributed by atoms with van der Waals surface area (Å²) in [6.07, 6.45) is 0. The number of hydrogen-bond donors (Lipinski definition) is 1. The molecular weight excluding hydrogens is 316 g/mol. The molecule has 0 aliphatic carbocycles. The van der Waals surface area contributed by atoms with E-state index in [-0.39, 0.29) is 4.90 Å². The molecule has 0 unspecified atom stereocenters. The number of rotatable bonds is 5. The van der Waals surface area contributed by atoms with Gasteiger partial charge in [-0.3, -0.25) is 4.72 Å². The minimum Gasteiger partial charge on any atom is -0.280 e. The Morgan fingerprint density at radius 2 is 1.76 bits per heavy atom. The highest BCUT2D eigenvalue weighted by Gasteiger charge is 2.14. The molecule has 0 saturated carbocycles. The molecule has 0 fully saturated rings. The van der Waals surface area contributed by atoms with E-state index in [1.807, 2.05) is 0 Å². The van der Waals surface area contributed by atoms with Gasteiger partial charge < -0.3 is 0 Å². The third kappa shape index (κ3) is 4.44. The van der Waals surface area contributed by atoms with Crippen LogP contribution in [0.3, 0.4) is 0 Å². The summed E-state index contributed by atoms with van der Waals surface area (Å²) >= 11 is 0.413. The van der Waals surface area contributed by atoms with E-state index in [4.69, 9.17) is 0 Å². The average molecular weight is 329 g/mol. The maximum Gasteiger partial charge on any atom is 0.288 e. The summed E-state index contributed by atoms with van der Waals surface area (Å²) in [5.41, 5.74) is 1.16. The van der Waals surface area contributed by atoms with Crippen LogP contribution in [0.15, 0.2) is 58.3 Å². The molecule has 0 heterocycles. The van der Waals surface area contributed by atoms with Crippen LogP contribution in [-0.2, 0) is 10.0 Å². The lowest BCUT2D eigenvalue weighted by Gasteiger charge is -2.09. The fraction of sp³-hybridized carbons (Fsp3) is 0.143. The Labute approximate surface area is 126 Å². The molecule has 0 spiro atoms. The fourth-order valence-corrected chi connectivity index (χ4v) is 3.36. The number of halogens is 2. The van der Waals surface area contributed by atoms with Gasteiger partial charge in [-0.2, -0.15) is 8.78 Å². The van der Waals surface area contributed by atoms with Crippen molar-refractivity contribution in [2.75, 3.05) is 4.72 Å². The molecule has 0 bridgehead atoms. The summed E-state index contributed by atoms with van der Waals surface area (Å²) in [5, 5.41) is 0. The molecular formula is C14H13F2NO2S2. The molecule has 0 atom stereocenters. The number of nitrogens with one attached hydrogen (secondary N) is 1. The lowest BCUT2D eigenvalue weighted by atomic mass is 10.2. The molecule has 2 aromatic rings. The van der Waals surface area contributed by atoms with Crippen LogP contribution in [0.25, 0.3) is 0 Å². The van der Waals surface area contributed by atoms with Crippen LogP contribution in [-0.4, -0.2) is 14.2 Å². The molecule has 0 aliphatic heterocycles. The second-order valence-corrected chi connectivity index (χ2v) is 7.07. The summed E-state index contributed by atoms with van der Waals surface area (Å²) in [7, 11) is -3.68. The predicted molar refractivity (Wildman–Crippen MR) is 80.3 cm³/mol. The van der Waals surface area contributed by atoms with Gasteiger partial charge in [-0.15, -0.1) is 0 Å². The van der Waals surface area contributed by atoms with E-state index in [0.717, 1.165) is 5.56 Å². The number of thioether (sulfide) groups is 1. The van der Waals surface area contributed by atoms with E-state index < -0.39 is 15.8 Å². The van der Waals surface area contributed by atoms with Gasteiger partial charge in [-0.05, 0) is 48.9 Å². The smallest absolute Gasteiger partial charge is 0.280 e. The first kappa shape index (κ1) is 15.8. The number of hydrogen-bond acceptors (Lipinski definition) is 3. The van der Waals surface area contributed by atoms with Crippen LogP contribution < -0.4 is 4.72 Å². The van der Waals surface area contributed by atoms with Crippen molar-refractivity contribution in [3.05, 3.63) is 54.1 Å². The molecule has 0 aromatic heterocycles. The van der Waals surface area contributed by atoms with Gasteiger partial charge in [-0.25, -0.2) is 8.42 Å². The molecule has 2 aromatic carbocycles. The second-order valence-electron chi connectivity index (χ2n) is 4.32. The molecule has 3 nitrogen and oxygen atoms in total. The van der Waals surface area contributed by atoms with Gasteiger partial charge >= 0.3 is 0 Å². The zero-order valence-electron chi connectivity index (χ0n) is 11.1. The van der Waals surface area contributed by atoms with E-state index in [9.17, 15) is 17.2 Å². The van der Waals surface area contributed by atoms with Gasteiger partial charge in [0.1, 0.15) is 0 Å². The van der Waals surface area contributed by atoms with Crippen LogP contribution in [0.1, 0.15) is 5.56 Å². The summed E-state index contributed by atoms with van der Waals surface area (Å²) in [6, 6.07) is 12.3. The van der Waals surface area contributed by atoms with Crippen LogP contribution in [0.4, 0.5) is 14.5 Å². The van der Waals surface area contributed by atoms with Crippen LogP contribution in [0, 0.1) is 6.92 Å². The van der Waals surface area contributed by atoms with Crippen molar-refractivity contribution in [2.45, 2.75) is 22.5 Å². The Balaban J connectivity index is 2.17. The van der Waals surface area contributed by atoms with Crippen molar-refractivity contribution in [3.63, 3.8) is 0 Å². The van der Waals surface area contributed by atoms with Crippen molar-refractivity contribution in [1.82, 2.24) is 0 Å². The zero-order chi connectivity index (χ0) is 15.5. The van der Waals surface area contributed by atoms with E-state index >= 15 is 0 Å². The molecule has 0 radical (unpaired) electrons. The molecule has 0 amide bonds. The first-order chi connectivity index (χ1) is 9.87. The molecule has 112 valence electrons. The number of alkyl halides is 2. The largest absolute Gasteiger partial charge is 0.288 e. The molecule has 21 heavy (non-hydrogen) atoms. The van der Waals surface area contributed by atoms with Crippen molar-refractivity contribution in [1.29, 1.82) is 0 Å². The van der Waals surface area contributed by atoms with Gasteiger partial charge in [0.05, 0.1) is 4.90 Å². The van der Waals surface area contributed by atoms with Gasteiger partial charge in [0.25, 0.3) is 15.8 Å². The van der Waals surface area contributed by atoms with Gasteiger partial charge in [0, 0.05) is 10.6 Å². The van der Waals surface area contributed by atoms with E-state index in [1.165, 1.54) is 30.3 Å². The summed E-state index contributed by atoms with van der Waals surface area (Å²) < 4.78 is 51.2. The first-order valence-electron chi connectivity index (χ1n) is 6.01. The zero-order valence-corrected chi connectivity index (χ0v) is 12.7. The second kappa shape index (κ2) is 6.44. The number of anilines is 1. The lowest BCUT2D eigenvalue weighted by molar-refractivity contribution is 0.252. The Kier molecular flexibility index (Phi) is 4.84. The predicted octanol–water partition coefficient (Wildman–Crippen LogP) is 4.11. The number of sulfonamides is 1. The molecule has 0 aliphatic rings. The molecule has 1 N–H and O–H groups in total. The van der Waals surface area contributed by atoms with Crippen LogP contribution in [0.5, 0.6) is 0 Å². The monoisotopic (exact) mass is 329 g/mol. The van der Waals surface area contributed by atoms with Gasteiger partial charge in [0.2, 0.25) is 0 Å². The van der Waals surface area contributed by atoms with Crippen molar-refractivity contribution >= 4 is 27.5 Å². The highest BCUT2D eigenvalue weighted by molar-refractivity contribution is 7.99. The lowest BCUT2D eigenvalue weighted by Crippen LogP contribution is -2.12. The molecule has 7 heteroatoms. The minimum atomic E-state index is -3.68. The topological polar surface area (TPSA) is 46.2 Å².